The average molecular weight is 453 g/mol. The molecule has 0 spiro atoms. The zero-order valence-electron chi connectivity index (χ0n) is 16.2. The number of carbonyl (C=O) groups excluding carboxylic acids is 2. The van der Waals surface area contributed by atoms with Crippen LogP contribution in [0.25, 0.3) is 10.6 Å². The van der Waals surface area contributed by atoms with Crippen molar-refractivity contribution < 1.29 is 9.59 Å². The molecular formula is C21H17ClN6O2S. The molecule has 0 bridgehead atoms. The second kappa shape index (κ2) is 9.12. The van der Waals surface area contributed by atoms with Gasteiger partial charge in [0.15, 0.2) is 0 Å². The van der Waals surface area contributed by atoms with Crippen LogP contribution in [0.1, 0.15) is 18.4 Å². The van der Waals surface area contributed by atoms with Crippen LogP contribution in [0, 0.1) is 11.3 Å². The molecule has 8 nitrogen and oxygen atoms in total. The minimum absolute atomic E-state index is 0.300. The molecule has 1 aliphatic heterocycles. The maximum atomic E-state index is 12.8. The second-order valence-electron chi connectivity index (χ2n) is 6.88. The Kier molecular flexibility index (Phi) is 6.11. The number of nitrogens with zero attached hydrogens (tertiary/aromatic N) is 4. The van der Waals surface area contributed by atoms with Crippen molar-refractivity contribution in [1.29, 1.82) is 5.26 Å². The zero-order chi connectivity index (χ0) is 21.8. The van der Waals surface area contributed by atoms with Crippen molar-refractivity contribution in [3.8, 4) is 16.6 Å². The number of aromatic nitrogens is 2. The molecular weight excluding hydrogens is 436 g/mol. The smallest absolute Gasteiger partial charge is 0.312 e. The first-order chi connectivity index (χ1) is 15.0. The van der Waals surface area contributed by atoms with Crippen LogP contribution in [-0.2, 0) is 4.79 Å². The molecule has 1 unspecified atom stereocenters. The third-order valence-corrected chi connectivity index (χ3v) is 5.97. The SMILES string of the molecule is N#Cc1ccc(NC(=O)N2CCCC2C(=O)Nc2nnc(-c3ccc(Cl)cc3)s2)cc1. The summed E-state index contributed by atoms with van der Waals surface area (Å²) in [5.41, 5.74) is 1.92. The van der Waals surface area contributed by atoms with Crippen LogP contribution in [0.2, 0.25) is 5.02 Å². The minimum Gasteiger partial charge on any atom is -0.312 e. The quantitative estimate of drug-likeness (QED) is 0.610. The Morgan fingerprint density at radius 2 is 1.84 bits per heavy atom. The van der Waals surface area contributed by atoms with E-state index in [1.807, 2.05) is 18.2 Å². The van der Waals surface area contributed by atoms with Gasteiger partial charge in [0.2, 0.25) is 11.0 Å². The van der Waals surface area contributed by atoms with Crippen LogP contribution in [0.5, 0.6) is 0 Å². The lowest BCUT2D eigenvalue weighted by Crippen LogP contribution is -2.45. The van der Waals surface area contributed by atoms with Gasteiger partial charge in [-0.2, -0.15) is 5.26 Å². The highest BCUT2D eigenvalue weighted by Crippen LogP contribution is 2.28. The zero-order valence-corrected chi connectivity index (χ0v) is 17.8. The molecule has 3 amide bonds. The number of hydrogen-bond acceptors (Lipinski definition) is 6. The van der Waals surface area contributed by atoms with Crippen LogP contribution < -0.4 is 10.6 Å². The largest absolute Gasteiger partial charge is 0.322 e. The third kappa shape index (κ3) is 4.82. The van der Waals surface area contributed by atoms with Gasteiger partial charge in [0, 0.05) is 22.8 Å². The summed E-state index contributed by atoms with van der Waals surface area (Å²) in [6, 6.07) is 14.8. The monoisotopic (exact) mass is 452 g/mol. The summed E-state index contributed by atoms with van der Waals surface area (Å²) in [6.07, 6.45) is 1.29. The number of amides is 3. The van der Waals surface area contributed by atoms with E-state index in [9.17, 15) is 9.59 Å². The minimum atomic E-state index is -0.596. The molecule has 31 heavy (non-hydrogen) atoms. The summed E-state index contributed by atoms with van der Waals surface area (Å²) in [4.78, 5) is 27.0. The first kappa shape index (κ1) is 20.8. The van der Waals surface area contributed by atoms with Crippen molar-refractivity contribution in [1.82, 2.24) is 15.1 Å². The highest BCUT2D eigenvalue weighted by Gasteiger charge is 2.34. The van der Waals surface area contributed by atoms with Crippen molar-refractivity contribution in [2.24, 2.45) is 0 Å². The molecule has 1 fully saturated rings. The Balaban J connectivity index is 1.40. The number of nitrogens with one attached hydrogen (secondary N) is 2. The number of urea groups is 1. The van der Waals surface area contributed by atoms with Crippen LogP contribution in [0.15, 0.2) is 48.5 Å². The number of anilines is 2. The summed E-state index contributed by atoms with van der Waals surface area (Å²) in [6.45, 7) is 0.479. The molecule has 0 saturated carbocycles. The van der Waals surface area contributed by atoms with Crippen LogP contribution >= 0.6 is 22.9 Å². The lowest BCUT2D eigenvalue weighted by atomic mass is 10.2. The van der Waals surface area contributed by atoms with E-state index in [4.69, 9.17) is 16.9 Å². The average Bonchev–Trinajstić information content (AvgIpc) is 3.45. The molecule has 2 heterocycles. The summed E-state index contributed by atoms with van der Waals surface area (Å²) < 4.78 is 0. The lowest BCUT2D eigenvalue weighted by Gasteiger charge is -2.23. The van der Waals surface area contributed by atoms with Crippen molar-refractivity contribution >= 4 is 45.7 Å². The third-order valence-electron chi connectivity index (χ3n) is 4.83. The second-order valence-corrected chi connectivity index (χ2v) is 8.29. The van der Waals surface area contributed by atoms with Crippen molar-refractivity contribution in [2.45, 2.75) is 18.9 Å². The fourth-order valence-corrected chi connectivity index (χ4v) is 4.16. The normalized spacial score (nSPS) is 15.4. The highest BCUT2D eigenvalue weighted by atomic mass is 35.5. The fraction of sp³-hybridized carbons (Fsp3) is 0.190. The van der Waals surface area contributed by atoms with Crippen molar-refractivity contribution in [3.05, 3.63) is 59.1 Å². The molecule has 0 radical (unpaired) electrons. The first-order valence-corrected chi connectivity index (χ1v) is 10.7. The number of halogens is 1. The summed E-state index contributed by atoms with van der Waals surface area (Å²) in [5, 5.41) is 24.2. The van der Waals surface area contributed by atoms with Gasteiger partial charge in [0.1, 0.15) is 11.0 Å². The van der Waals surface area contributed by atoms with E-state index in [0.717, 1.165) is 12.0 Å². The molecule has 10 heteroatoms. The number of nitriles is 1. The Hall–Kier alpha value is -3.48. The molecule has 3 aromatic rings. The van der Waals surface area contributed by atoms with Crippen LogP contribution in [0.4, 0.5) is 15.6 Å². The van der Waals surface area contributed by atoms with E-state index in [1.54, 1.807) is 36.4 Å². The summed E-state index contributed by atoms with van der Waals surface area (Å²) in [7, 11) is 0. The number of hydrogen-bond donors (Lipinski definition) is 2. The van der Waals surface area contributed by atoms with Crippen LogP contribution in [0.3, 0.4) is 0 Å². The van der Waals surface area contributed by atoms with Gasteiger partial charge in [-0.3, -0.25) is 10.1 Å². The highest BCUT2D eigenvalue weighted by molar-refractivity contribution is 7.18. The number of carbonyl (C=O) groups is 2. The maximum Gasteiger partial charge on any atom is 0.322 e. The Morgan fingerprint density at radius 1 is 1.10 bits per heavy atom. The van der Waals surface area contributed by atoms with E-state index in [1.165, 1.54) is 16.2 Å². The van der Waals surface area contributed by atoms with Gasteiger partial charge >= 0.3 is 6.03 Å². The lowest BCUT2D eigenvalue weighted by molar-refractivity contribution is -0.119. The Bertz CT molecular complexity index is 1140. The predicted octanol–water partition coefficient (Wildman–Crippen LogP) is 4.37. The van der Waals surface area contributed by atoms with Gasteiger partial charge < -0.3 is 10.2 Å². The molecule has 2 N–H and O–H groups in total. The van der Waals surface area contributed by atoms with Crippen LogP contribution in [-0.4, -0.2) is 39.6 Å². The predicted molar refractivity (Wildman–Crippen MR) is 119 cm³/mol. The standard InChI is InChI=1S/C21H17ClN6O2S/c22-15-7-5-14(6-8-15)19-26-27-20(31-19)25-18(29)17-2-1-11-28(17)21(30)24-16-9-3-13(12-23)4-10-16/h3-10,17H,1-2,11H2,(H,24,30)(H,25,27,29). The summed E-state index contributed by atoms with van der Waals surface area (Å²) in [5.74, 6) is -0.300. The topological polar surface area (TPSA) is 111 Å². The molecule has 156 valence electrons. The maximum absolute atomic E-state index is 12.8. The van der Waals surface area contributed by atoms with Gasteiger partial charge in [-0.25, -0.2) is 4.79 Å². The number of benzene rings is 2. The molecule has 1 aliphatic rings. The number of rotatable bonds is 4. The first-order valence-electron chi connectivity index (χ1n) is 9.51. The van der Waals surface area contributed by atoms with Gasteiger partial charge in [-0.1, -0.05) is 35.1 Å². The molecule has 1 saturated heterocycles. The van der Waals surface area contributed by atoms with Crippen molar-refractivity contribution in [3.63, 3.8) is 0 Å². The van der Waals surface area contributed by atoms with Gasteiger partial charge in [-0.05, 0) is 49.2 Å². The summed E-state index contributed by atoms with van der Waals surface area (Å²) >= 11 is 7.16. The fourth-order valence-electron chi connectivity index (χ4n) is 3.28. The van der Waals surface area contributed by atoms with E-state index in [2.05, 4.69) is 20.8 Å². The van der Waals surface area contributed by atoms with Crippen molar-refractivity contribution in [2.75, 3.05) is 17.2 Å². The Labute approximate surface area is 187 Å². The molecule has 0 aliphatic carbocycles. The van der Waals surface area contributed by atoms with Gasteiger partial charge in [0.05, 0.1) is 11.6 Å². The Morgan fingerprint density at radius 3 is 2.55 bits per heavy atom. The molecule has 1 aromatic heterocycles. The van der Waals surface area contributed by atoms with E-state index in [-0.39, 0.29) is 11.9 Å². The van der Waals surface area contributed by atoms with E-state index < -0.39 is 6.04 Å². The number of likely N-dealkylation sites (tertiary alicyclic amines) is 1. The molecule has 4 rings (SSSR count). The molecule has 2 aromatic carbocycles. The van der Waals surface area contributed by atoms with Gasteiger partial charge in [-0.15, -0.1) is 10.2 Å². The van der Waals surface area contributed by atoms with Gasteiger partial charge in [0.25, 0.3) is 0 Å². The van der Waals surface area contributed by atoms with E-state index >= 15 is 0 Å². The molecule has 1 atom stereocenters. The van der Waals surface area contributed by atoms with E-state index in [0.29, 0.717) is 39.4 Å².